The molecule has 176 valence electrons. The zero-order valence-electron chi connectivity index (χ0n) is 21.2. The zero-order valence-corrected chi connectivity index (χ0v) is 21.2. The van der Waals surface area contributed by atoms with Crippen molar-refractivity contribution in [2.45, 2.75) is 31.6 Å². The van der Waals surface area contributed by atoms with Gasteiger partial charge < -0.3 is 0 Å². The molecule has 1 spiro atoms. The molecule has 0 radical (unpaired) electrons. The van der Waals surface area contributed by atoms with Crippen LogP contribution in [0.1, 0.15) is 48.6 Å². The van der Waals surface area contributed by atoms with Crippen LogP contribution in [0.5, 0.6) is 0 Å². The molecular formula is C35H26N2. The minimum Gasteiger partial charge on any atom is -0.256 e. The Balaban J connectivity index is 1.71. The highest BCUT2D eigenvalue weighted by Crippen LogP contribution is 2.62. The van der Waals surface area contributed by atoms with Gasteiger partial charge in [0.2, 0.25) is 0 Å². The van der Waals surface area contributed by atoms with Crippen molar-refractivity contribution in [2.75, 3.05) is 0 Å². The summed E-state index contributed by atoms with van der Waals surface area (Å²) in [7, 11) is 0. The van der Waals surface area contributed by atoms with Crippen molar-refractivity contribution in [1.29, 1.82) is 0 Å². The third-order valence-corrected chi connectivity index (χ3v) is 8.49. The highest BCUT2D eigenvalue weighted by molar-refractivity contribution is 6.09. The van der Waals surface area contributed by atoms with Crippen LogP contribution in [-0.4, -0.2) is 9.97 Å². The second kappa shape index (κ2) is 6.92. The van der Waals surface area contributed by atoms with Crippen LogP contribution in [0, 0.1) is 0 Å². The fourth-order valence-corrected chi connectivity index (χ4v) is 6.90. The number of rotatable bonds is 0. The van der Waals surface area contributed by atoms with Crippen LogP contribution in [0.3, 0.4) is 0 Å². The van der Waals surface area contributed by atoms with Gasteiger partial charge >= 0.3 is 0 Å². The highest BCUT2D eigenvalue weighted by atomic mass is 14.7. The zero-order chi connectivity index (χ0) is 24.9. The summed E-state index contributed by atoms with van der Waals surface area (Å²) in [5.74, 6) is 0. The van der Waals surface area contributed by atoms with Crippen molar-refractivity contribution in [3.05, 3.63) is 131 Å². The molecule has 8 rings (SSSR count). The van der Waals surface area contributed by atoms with Gasteiger partial charge in [-0.1, -0.05) is 99.6 Å². The summed E-state index contributed by atoms with van der Waals surface area (Å²) in [5, 5.41) is 3.68. The van der Waals surface area contributed by atoms with E-state index in [-0.39, 0.29) is 5.41 Å². The molecule has 4 aromatic carbocycles. The van der Waals surface area contributed by atoms with E-state index in [9.17, 15) is 0 Å². The Hall–Kier alpha value is -4.30. The first-order chi connectivity index (χ1) is 18.0. The van der Waals surface area contributed by atoms with Gasteiger partial charge in [0.15, 0.2) is 0 Å². The number of fused-ring (bicyclic) bond motifs is 11. The Bertz CT molecular complexity index is 1880. The van der Waals surface area contributed by atoms with Gasteiger partial charge in [-0.05, 0) is 61.9 Å². The summed E-state index contributed by atoms with van der Waals surface area (Å²) < 4.78 is 0. The summed E-state index contributed by atoms with van der Waals surface area (Å²) >= 11 is 0. The van der Waals surface area contributed by atoms with Crippen molar-refractivity contribution < 1.29 is 0 Å². The molecule has 6 aromatic rings. The van der Waals surface area contributed by atoms with E-state index in [0.29, 0.717) is 0 Å². The summed E-state index contributed by atoms with van der Waals surface area (Å²) in [6, 6.07) is 33.6. The van der Waals surface area contributed by atoms with Crippen LogP contribution in [0.4, 0.5) is 0 Å². The van der Waals surface area contributed by atoms with Crippen molar-refractivity contribution in [3.8, 4) is 22.4 Å². The molecule has 0 amide bonds. The van der Waals surface area contributed by atoms with Crippen molar-refractivity contribution in [2.24, 2.45) is 0 Å². The van der Waals surface area contributed by atoms with E-state index in [1.165, 1.54) is 55.1 Å². The van der Waals surface area contributed by atoms with Gasteiger partial charge in [-0.3, -0.25) is 9.97 Å². The second-order valence-electron chi connectivity index (χ2n) is 11.4. The molecule has 0 bridgehead atoms. The maximum Gasteiger partial charge on any atom is 0.0802 e. The molecule has 0 saturated heterocycles. The van der Waals surface area contributed by atoms with Gasteiger partial charge in [-0.15, -0.1) is 0 Å². The minimum atomic E-state index is -0.458. The van der Waals surface area contributed by atoms with Crippen LogP contribution < -0.4 is 0 Å². The normalized spacial score (nSPS) is 14.6. The van der Waals surface area contributed by atoms with Crippen LogP contribution >= 0.6 is 0 Å². The first kappa shape index (κ1) is 20.8. The van der Waals surface area contributed by atoms with Crippen LogP contribution in [0.15, 0.2) is 103 Å². The van der Waals surface area contributed by atoms with Crippen molar-refractivity contribution in [3.63, 3.8) is 0 Å². The lowest BCUT2D eigenvalue weighted by molar-refractivity contribution is 0.588. The van der Waals surface area contributed by atoms with Crippen molar-refractivity contribution in [1.82, 2.24) is 9.97 Å². The lowest BCUT2D eigenvalue weighted by Crippen LogP contribution is -2.33. The first-order valence-electron chi connectivity index (χ1n) is 13.0. The van der Waals surface area contributed by atoms with Gasteiger partial charge in [-0.25, -0.2) is 0 Å². The molecule has 2 aliphatic carbocycles. The van der Waals surface area contributed by atoms with E-state index < -0.39 is 5.41 Å². The third kappa shape index (κ3) is 2.50. The third-order valence-electron chi connectivity index (χ3n) is 8.49. The number of para-hydroxylation sites is 1. The number of nitrogens with zero attached hydrogens (tertiary/aromatic N) is 2. The Kier molecular flexibility index (Phi) is 3.90. The van der Waals surface area contributed by atoms with E-state index in [0.717, 1.165) is 16.8 Å². The summed E-state index contributed by atoms with van der Waals surface area (Å²) in [5.41, 5.74) is 12.0. The number of hydrogen-bond donors (Lipinski definition) is 0. The molecular weight excluding hydrogens is 448 g/mol. The Morgan fingerprint density at radius 3 is 2.05 bits per heavy atom. The minimum absolute atomic E-state index is 0.00748. The van der Waals surface area contributed by atoms with Crippen LogP contribution in [0.25, 0.3) is 44.1 Å². The summed E-state index contributed by atoms with van der Waals surface area (Å²) in [6.07, 6.45) is 4.02. The number of aromatic nitrogens is 2. The largest absolute Gasteiger partial charge is 0.256 e. The summed E-state index contributed by atoms with van der Waals surface area (Å²) in [4.78, 5) is 9.94. The molecule has 2 heteroatoms. The van der Waals surface area contributed by atoms with E-state index >= 15 is 0 Å². The van der Waals surface area contributed by atoms with E-state index in [2.05, 4.69) is 118 Å². The highest BCUT2D eigenvalue weighted by Gasteiger charge is 2.51. The maximum absolute atomic E-state index is 5.00. The van der Waals surface area contributed by atoms with Crippen LogP contribution in [0.2, 0.25) is 0 Å². The summed E-state index contributed by atoms with van der Waals surface area (Å²) in [6.45, 7) is 6.92. The monoisotopic (exact) mass is 474 g/mol. The van der Waals surface area contributed by atoms with E-state index in [4.69, 9.17) is 9.97 Å². The number of hydrogen-bond acceptors (Lipinski definition) is 2. The second-order valence-corrected chi connectivity index (χ2v) is 11.4. The van der Waals surface area contributed by atoms with Gasteiger partial charge in [0.05, 0.1) is 16.6 Å². The fourth-order valence-electron chi connectivity index (χ4n) is 6.90. The fraction of sp³-hybridized carbons (Fsp3) is 0.143. The van der Waals surface area contributed by atoms with Gasteiger partial charge in [0.1, 0.15) is 0 Å². The Morgan fingerprint density at radius 2 is 1.32 bits per heavy atom. The molecule has 0 saturated carbocycles. The van der Waals surface area contributed by atoms with E-state index in [1.807, 2.05) is 6.20 Å². The van der Waals surface area contributed by atoms with Gasteiger partial charge in [0.25, 0.3) is 0 Å². The first-order valence-corrected chi connectivity index (χ1v) is 13.0. The van der Waals surface area contributed by atoms with E-state index in [1.54, 1.807) is 0 Å². The predicted molar refractivity (Wildman–Crippen MR) is 152 cm³/mol. The SMILES string of the molecule is CC(C)(C)c1cc2c3c(nccc3c1)-c1cnc3ccccc3c1C21c2ccccc2-c2ccccc21. The quantitative estimate of drug-likeness (QED) is 0.220. The molecule has 0 atom stereocenters. The molecule has 0 N–H and O–H groups in total. The predicted octanol–water partition coefficient (Wildman–Crippen LogP) is 8.42. The Morgan fingerprint density at radius 1 is 0.649 bits per heavy atom. The average Bonchev–Trinajstić information content (AvgIpc) is 3.21. The maximum atomic E-state index is 5.00. The molecule has 2 nitrogen and oxygen atoms in total. The number of benzene rings is 4. The van der Waals surface area contributed by atoms with Crippen LogP contribution in [-0.2, 0) is 10.8 Å². The number of pyridine rings is 2. The molecule has 0 aliphatic heterocycles. The molecule has 37 heavy (non-hydrogen) atoms. The standard InChI is InChI=1S/C35H26N2/c1-34(2,3)22-18-21-16-17-36-33-26-20-37-30-15-9-6-12-25(30)32(26)35(29(19-22)31(21)33)27-13-7-4-10-23(27)24-11-5-8-14-28(24)35/h4-20H,1-3H3. The van der Waals surface area contributed by atoms with Gasteiger partial charge in [0, 0.05) is 28.7 Å². The molecule has 0 unspecified atom stereocenters. The molecule has 2 heterocycles. The smallest absolute Gasteiger partial charge is 0.0802 e. The molecule has 0 fully saturated rings. The lowest BCUT2D eigenvalue weighted by atomic mass is 9.61. The molecule has 2 aliphatic rings. The topological polar surface area (TPSA) is 25.8 Å². The lowest BCUT2D eigenvalue weighted by Gasteiger charge is -2.41. The van der Waals surface area contributed by atoms with Gasteiger partial charge in [-0.2, -0.15) is 0 Å². The van der Waals surface area contributed by atoms with Crippen molar-refractivity contribution >= 4 is 21.7 Å². The average molecular weight is 475 g/mol. The molecule has 2 aromatic heterocycles. The Labute approximate surface area is 216 Å².